The number of benzene rings is 1. The van der Waals surface area contributed by atoms with Gasteiger partial charge in [0.15, 0.2) is 0 Å². The number of β-amino-alcohol motifs (C(OH)–C–C–N with tert-alkyl or cyclic N) is 1. The Morgan fingerprint density at radius 1 is 1.23 bits per heavy atom. The van der Waals surface area contributed by atoms with Crippen LogP contribution in [0.2, 0.25) is 0 Å². The van der Waals surface area contributed by atoms with Crippen LogP contribution in [-0.2, 0) is 11.3 Å². The average Bonchev–Trinajstić information content (AvgIpc) is 3.29. The van der Waals surface area contributed by atoms with Gasteiger partial charge in [0.2, 0.25) is 0 Å². The highest BCUT2D eigenvalue weighted by Gasteiger charge is 2.36. The molecule has 7 nitrogen and oxygen atoms in total. The van der Waals surface area contributed by atoms with Crippen LogP contribution in [0.1, 0.15) is 5.56 Å². The van der Waals surface area contributed by atoms with Gasteiger partial charge in [0.1, 0.15) is 11.4 Å². The maximum Gasteiger partial charge on any atom is 0.144 e. The Kier molecular flexibility index (Phi) is 5.21. The number of likely N-dealkylation sites (tertiary alicyclic amines) is 1. The van der Waals surface area contributed by atoms with Gasteiger partial charge in [-0.3, -0.25) is 9.80 Å². The minimum Gasteiger partial charge on any atom is -0.494 e. The number of hydrogen-bond donors (Lipinski definition) is 1. The molecule has 2 atom stereocenters. The summed E-state index contributed by atoms with van der Waals surface area (Å²) in [6.07, 6.45) is 3.62. The first kappa shape index (κ1) is 17.5. The van der Waals surface area contributed by atoms with Crippen LogP contribution in [0.4, 0.5) is 0 Å². The number of aliphatic hydroxyl groups is 1. The van der Waals surface area contributed by atoms with Crippen molar-refractivity contribution in [2.45, 2.75) is 18.7 Å². The van der Waals surface area contributed by atoms with Gasteiger partial charge >= 0.3 is 0 Å². The summed E-state index contributed by atoms with van der Waals surface area (Å²) in [6, 6.07) is 8.04. The molecule has 140 valence electrons. The maximum atomic E-state index is 10.5. The quantitative estimate of drug-likeness (QED) is 0.851. The third-order valence-corrected chi connectivity index (χ3v) is 5.22. The molecule has 2 fully saturated rings. The van der Waals surface area contributed by atoms with Crippen LogP contribution in [0.3, 0.4) is 0 Å². The summed E-state index contributed by atoms with van der Waals surface area (Å²) in [5.41, 5.74) is 2.06. The van der Waals surface area contributed by atoms with Crippen molar-refractivity contribution < 1.29 is 14.6 Å². The lowest BCUT2D eigenvalue weighted by Crippen LogP contribution is -2.48. The smallest absolute Gasteiger partial charge is 0.144 e. The van der Waals surface area contributed by atoms with Gasteiger partial charge in [0.25, 0.3) is 0 Å². The molecule has 3 heterocycles. The molecule has 1 aromatic carbocycles. The third-order valence-electron chi connectivity index (χ3n) is 5.22. The zero-order chi connectivity index (χ0) is 17.9. The van der Waals surface area contributed by atoms with Gasteiger partial charge in [-0.15, -0.1) is 0 Å². The molecule has 0 saturated carbocycles. The van der Waals surface area contributed by atoms with Gasteiger partial charge in [-0.1, -0.05) is 12.1 Å². The number of hydrogen-bond acceptors (Lipinski definition) is 6. The van der Waals surface area contributed by atoms with Gasteiger partial charge in [-0.05, 0) is 12.1 Å². The van der Waals surface area contributed by atoms with Crippen molar-refractivity contribution in [3.05, 3.63) is 42.2 Å². The predicted octanol–water partition coefficient (Wildman–Crippen LogP) is 0.758. The molecule has 1 aromatic heterocycles. The number of para-hydroxylation sites is 2. The molecule has 26 heavy (non-hydrogen) atoms. The molecular weight excluding hydrogens is 332 g/mol. The van der Waals surface area contributed by atoms with Gasteiger partial charge in [-0.25, -0.2) is 4.68 Å². The molecule has 0 amide bonds. The lowest BCUT2D eigenvalue weighted by atomic mass is 10.1. The zero-order valence-electron chi connectivity index (χ0n) is 15.1. The minimum atomic E-state index is -0.308. The van der Waals surface area contributed by atoms with Crippen LogP contribution >= 0.6 is 0 Å². The van der Waals surface area contributed by atoms with E-state index < -0.39 is 0 Å². The number of aliphatic hydroxyl groups excluding tert-OH is 1. The summed E-state index contributed by atoms with van der Waals surface area (Å²) in [6.45, 7) is 5.68. The van der Waals surface area contributed by atoms with E-state index in [0.717, 1.165) is 56.4 Å². The third kappa shape index (κ3) is 3.61. The zero-order valence-corrected chi connectivity index (χ0v) is 15.1. The van der Waals surface area contributed by atoms with Crippen LogP contribution in [0, 0.1) is 0 Å². The first-order valence-electron chi connectivity index (χ1n) is 9.14. The molecule has 2 aliphatic rings. The van der Waals surface area contributed by atoms with Crippen LogP contribution in [0.15, 0.2) is 36.7 Å². The van der Waals surface area contributed by atoms with Gasteiger partial charge in [0, 0.05) is 50.5 Å². The van der Waals surface area contributed by atoms with Gasteiger partial charge in [0.05, 0.1) is 32.6 Å². The van der Waals surface area contributed by atoms with E-state index in [2.05, 4.69) is 14.9 Å². The summed E-state index contributed by atoms with van der Waals surface area (Å²) < 4.78 is 12.7. The highest BCUT2D eigenvalue weighted by molar-refractivity contribution is 5.46. The lowest BCUT2D eigenvalue weighted by Gasteiger charge is -2.33. The summed E-state index contributed by atoms with van der Waals surface area (Å²) in [4.78, 5) is 4.65. The topological polar surface area (TPSA) is 63.0 Å². The fourth-order valence-corrected chi connectivity index (χ4v) is 3.89. The molecule has 0 spiro atoms. The van der Waals surface area contributed by atoms with E-state index in [-0.39, 0.29) is 12.1 Å². The predicted molar refractivity (Wildman–Crippen MR) is 97.6 cm³/mol. The summed E-state index contributed by atoms with van der Waals surface area (Å²) >= 11 is 0. The van der Waals surface area contributed by atoms with E-state index in [1.807, 2.05) is 41.3 Å². The number of aromatic nitrogens is 2. The normalized spacial score (nSPS) is 24.8. The Labute approximate surface area is 153 Å². The lowest BCUT2D eigenvalue weighted by molar-refractivity contribution is -0.00618. The van der Waals surface area contributed by atoms with E-state index >= 15 is 0 Å². The molecule has 2 aliphatic heterocycles. The highest BCUT2D eigenvalue weighted by Crippen LogP contribution is 2.23. The van der Waals surface area contributed by atoms with Crippen LogP contribution in [-0.4, -0.2) is 83.3 Å². The van der Waals surface area contributed by atoms with Crippen molar-refractivity contribution in [2.24, 2.45) is 0 Å². The molecule has 4 rings (SSSR count). The van der Waals surface area contributed by atoms with Crippen LogP contribution in [0.5, 0.6) is 5.75 Å². The maximum absolute atomic E-state index is 10.5. The van der Waals surface area contributed by atoms with Crippen molar-refractivity contribution in [1.29, 1.82) is 0 Å². The van der Waals surface area contributed by atoms with E-state index in [4.69, 9.17) is 9.47 Å². The Balaban J connectivity index is 1.41. The van der Waals surface area contributed by atoms with Crippen molar-refractivity contribution in [1.82, 2.24) is 19.6 Å². The number of rotatable bonds is 5. The number of methoxy groups -OCH3 is 1. The van der Waals surface area contributed by atoms with Crippen LogP contribution < -0.4 is 4.74 Å². The Bertz CT molecular complexity index is 729. The molecule has 7 heteroatoms. The monoisotopic (exact) mass is 358 g/mol. The van der Waals surface area contributed by atoms with E-state index in [0.29, 0.717) is 6.54 Å². The van der Waals surface area contributed by atoms with Crippen LogP contribution in [0.25, 0.3) is 5.69 Å². The van der Waals surface area contributed by atoms with Gasteiger partial charge in [-0.2, -0.15) is 5.10 Å². The second-order valence-corrected chi connectivity index (χ2v) is 6.94. The first-order chi connectivity index (χ1) is 12.7. The second-order valence-electron chi connectivity index (χ2n) is 6.94. The van der Waals surface area contributed by atoms with Crippen molar-refractivity contribution in [2.75, 3.05) is 46.5 Å². The van der Waals surface area contributed by atoms with Crippen molar-refractivity contribution in [3.8, 4) is 11.4 Å². The summed E-state index contributed by atoms with van der Waals surface area (Å²) in [7, 11) is 1.67. The average molecular weight is 358 g/mol. The standard InChI is InChI=1S/C19H26N4O3/c1-25-19-5-3-2-4-16(19)23-12-15(10-20-23)11-21-13-17(18(24)14-21)22-6-8-26-9-7-22/h2-5,10,12,17-18,24H,6-9,11,13-14H2,1H3/t17-,18-/m0/s1. The molecular formula is C19H26N4O3. The molecule has 2 aromatic rings. The Morgan fingerprint density at radius 2 is 2.04 bits per heavy atom. The minimum absolute atomic E-state index is 0.197. The van der Waals surface area contributed by atoms with E-state index in [9.17, 15) is 5.11 Å². The molecule has 0 bridgehead atoms. The number of nitrogens with zero attached hydrogens (tertiary/aromatic N) is 4. The molecule has 0 radical (unpaired) electrons. The molecule has 0 aliphatic carbocycles. The molecule has 0 unspecified atom stereocenters. The highest BCUT2D eigenvalue weighted by atomic mass is 16.5. The fourth-order valence-electron chi connectivity index (χ4n) is 3.89. The van der Waals surface area contributed by atoms with Crippen molar-refractivity contribution in [3.63, 3.8) is 0 Å². The van der Waals surface area contributed by atoms with Crippen molar-refractivity contribution >= 4 is 0 Å². The van der Waals surface area contributed by atoms with E-state index in [1.165, 1.54) is 0 Å². The molecule has 2 saturated heterocycles. The number of morpholine rings is 1. The van der Waals surface area contributed by atoms with E-state index in [1.54, 1.807) is 7.11 Å². The number of ether oxygens (including phenoxy) is 2. The first-order valence-corrected chi connectivity index (χ1v) is 9.14. The SMILES string of the molecule is COc1ccccc1-n1cc(CN2C[C@H](O)[C@@H](N3CCOCC3)C2)cn1. The summed E-state index contributed by atoms with van der Waals surface area (Å²) in [5, 5.41) is 15.0. The Morgan fingerprint density at radius 3 is 2.85 bits per heavy atom. The second kappa shape index (κ2) is 7.75. The summed E-state index contributed by atoms with van der Waals surface area (Å²) in [5.74, 6) is 0.797. The fraction of sp³-hybridized carbons (Fsp3) is 0.526. The van der Waals surface area contributed by atoms with Gasteiger partial charge < -0.3 is 14.6 Å². The largest absolute Gasteiger partial charge is 0.494 e. The Hall–Kier alpha value is -1.93. The molecule has 1 N–H and O–H groups in total.